The van der Waals surface area contributed by atoms with E-state index in [4.69, 9.17) is 15.5 Å². The average Bonchev–Trinajstić information content (AvgIpc) is 3.39. The Labute approximate surface area is 180 Å². The molecule has 1 aliphatic rings. The highest BCUT2D eigenvalue weighted by Gasteiger charge is 2.28. The second-order valence-corrected chi connectivity index (χ2v) is 7.43. The number of nitrogen functional groups attached to an aromatic ring is 1. The molecule has 3 aromatic heterocycles. The molecular formula is C21H17FN8O2. The number of hydrogen-bond acceptors (Lipinski definition) is 7. The maximum atomic E-state index is 14.8. The molecule has 10 nitrogen and oxygen atoms in total. The number of nitrogens with one attached hydrogen (secondary N) is 2. The van der Waals surface area contributed by atoms with Crippen molar-refractivity contribution in [3.63, 3.8) is 0 Å². The van der Waals surface area contributed by atoms with E-state index in [1.54, 1.807) is 6.07 Å². The molecule has 0 unspecified atom stereocenters. The number of anilines is 3. The minimum absolute atomic E-state index is 0.0156. The van der Waals surface area contributed by atoms with Gasteiger partial charge in [0.05, 0.1) is 29.3 Å². The Morgan fingerprint density at radius 2 is 2.16 bits per heavy atom. The molecule has 1 aliphatic carbocycles. The lowest BCUT2D eigenvalue weighted by Gasteiger charge is -2.08. The monoisotopic (exact) mass is 432 g/mol. The summed E-state index contributed by atoms with van der Waals surface area (Å²) < 4.78 is 21.8. The van der Waals surface area contributed by atoms with E-state index < -0.39 is 11.8 Å². The van der Waals surface area contributed by atoms with Gasteiger partial charge < -0.3 is 20.1 Å². The SMILES string of the molecule is N#CCc1cc(NC(=O)Nc2ccc(-c3cn(C4CC4)c4ncnc(N)c34)cc2F)on1. The van der Waals surface area contributed by atoms with Gasteiger partial charge in [0.15, 0.2) is 0 Å². The number of hydrogen-bond donors (Lipinski definition) is 3. The van der Waals surface area contributed by atoms with E-state index in [2.05, 4.69) is 30.3 Å². The zero-order valence-electron chi connectivity index (χ0n) is 16.7. The first-order valence-electron chi connectivity index (χ1n) is 9.85. The second kappa shape index (κ2) is 7.66. The van der Waals surface area contributed by atoms with Crippen molar-refractivity contribution in [2.24, 2.45) is 0 Å². The normalized spacial score (nSPS) is 13.1. The number of halogens is 1. The first-order valence-corrected chi connectivity index (χ1v) is 9.85. The highest BCUT2D eigenvalue weighted by atomic mass is 19.1. The molecule has 4 N–H and O–H groups in total. The van der Waals surface area contributed by atoms with E-state index in [1.165, 1.54) is 24.5 Å². The summed E-state index contributed by atoms with van der Waals surface area (Å²) in [5.41, 5.74) is 8.51. The summed E-state index contributed by atoms with van der Waals surface area (Å²) in [6, 6.07) is 7.48. The van der Waals surface area contributed by atoms with E-state index in [0.717, 1.165) is 24.1 Å². The third-order valence-electron chi connectivity index (χ3n) is 5.16. The number of rotatable bonds is 5. The van der Waals surface area contributed by atoms with Crippen LogP contribution in [-0.2, 0) is 6.42 Å². The Kier molecular flexibility index (Phi) is 4.67. The van der Waals surface area contributed by atoms with Crippen LogP contribution in [-0.4, -0.2) is 25.7 Å². The lowest BCUT2D eigenvalue weighted by Crippen LogP contribution is -2.19. The van der Waals surface area contributed by atoms with Crippen LogP contribution >= 0.6 is 0 Å². The van der Waals surface area contributed by atoms with Gasteiger partial charge in [0.1, 0.15) is 23.6 Å². The Balaban J connectivity index is 1.39. The lowest BCUT2D eigenvalue weighted by atomic mass is 10.1. The van der Waals surface area contributed by atoms with Crippen LogP contribution in [0.1, 0.15) is 24.6 Å². The third-order valence-corrected chi connectivity index (χ3v) is 5.16. The predicted octanol–water partition coefficient (Wildman–Crippen LogP) is 3.85. The van der Waals surface area contributed by atoms with E-state index in [1.807, 2.05) is 12.3 Å². The van der Waals surface area contributed by atoms with Crippen LogP contribution in [0.3, 0.4) is 0 Å². The maximum Gasteiger partial charge on any atom is 0.326 e. The van der Waals surface area contributed by atoms with Gasteiger partial charge in [-0.2, -0.15) is 5.26 Å². The number of carbonyl (C=O) groups excluding carboxylic acids is 1. The third kappa shape index (κ3) is 3.58. The molecule has 1 saturated carbocycles. The Bertz CT molecular complexity index is 1380. The standard InChI is InChI=1S/C21H17FN8O2/c22-15-7-11(14-9-30(13-2-3-13)20-18(14)19(24)25-10-26-20)1-4-16(15)27-21(31)28-17-8-12(5-6-23)29-32-17/h1,4,7-10,13H,2-3,5H2,(H2,24,25,26)(H2,27,28,31). The number of nitrogens with zero attached hydrogens (tertiary/aromatic N) is 5. The maximum absolute atomic E-state index is 14.8. The number of amides is 2. The molecule has 4 aromatic rings. The molecule has 0 bridgehead atoms. The van der Waals surface area contributed by atoms with E-state index in [0.29, 0.717) is 28.5 Å². The summed E-state index contributed by atoms with van der Waals surface area (Å²) in [5.74, 6) is -0.245. The van der Waals surface area contributed by atoms with Crippen LogP contribution in [0, 0.1) is 17.1 Å². The molecule has 0 atom stereocenters. The van der Waals surface area contributed by atoms with E-state index >= 15 is 0 Å². The molecule has 32 heavy (non-hydrogen) atoms. The van der Waals surface area contributed by atoms with Crippen LogP contribution in [0.2, 0.25) is 0 Å². The van der Waals surface area contributed by atoms with Crippen molar-refractivity contribution >= 4 is 34.5 Å². The highest BCUT2D eigenvalue weighted by molar-refractivity contribution is 6.02. The number of urea groups is 1. The molecule has 160 valence electrons. The van der Waals surface area contributed by atoms with Gasteiger partial charge >= 0.3 is 6.03 Å². The van der Waals surface area contributed by atoms with Gasteiger partial charge in [0.2, 0.25) is 5.88 Å². The number of nitriles is 1. The van der Waals surface area contributed by atoms with Gasteiger partial charge in [-0.15, -0.1) is 0 Å². The Morgan fingerprint density at radius 3 is 2.91 bits per heavy atom. The largest absolute Gasteiger partial charge is 0.383 e. The van der Waals surface area contributed by atoms with Crippen molar-refractivity contribution in [2.75, 3.05) is 16.4 Å². The zero-order chi connectivity index (χ0) is 22.2. The van der Waals surface area contributed by atoms with Gasteiger partial charge in [-0.05, 0) is 30.5 Å². The molecule has 0 aliphatic heterocycles. The summed E-state index contributed by atoms with van der Waals surface area (Å²) in [6.45, 7) is 0. The van der Waals surface area contributed by atoms with Crippen LogP contribution in [0.4, 0.5) is 26.6 Å². The molecule has 0 saturated heterocycles. The molecular weight excluding hydrogens is 415 g/mol. The Morgan fingerprint density at radius 1 is 1.31 bits per heavy atom. The predicted molar refractivity (Wildman–Crippen MR) is 114 cm³/mol. The number of aromatic nitrogens is 4. The van der Waals surface area contributed by atoms with Crippen LogP contribution in [0.5, 0.6) is 0 Å². The second-order valence-electron chi connectivity index (χ2n) is 7.43. The number of nitrogens with two attached hydrogens (primary N) is 1. The van der Waals surface area contributed by atoms with Gasteiger partial charge in [-0.3, -0.25) is 5.32 Å². The summed E-state index contributed by atoms with van der Waals surface area (Å²) in [5, 5.41) is 17.8. The molecule has 3 heterocycles. The Hall–Kier alpha value is -4.46. The first-order chi connectivity index (χ1) is 15.5. The van der Waals surface area contributed by atoms with Gasteiger partial charge in [0, 0.05) is 23.9 Å². The van der Waals surface area contributed by atoms with Crippen LogP contribution in [0.15, 0.2) is 41.3 Å². The van der Waals surface area contributed by atoms with Crippen molar-refractivity contribution in [3.8, 4) is 17.2 Å². The van der Waals surface area contributed by atoms with E-state index in [9.17, 15) is 9.18 Å². The fourth-order valence-corrected chi connectivity index (χ4v) is 3.54. The molecule has 1 fully saturated rings. The van der Waals surface area contributed by atoms with Gasteiger partial charge in [0.25, 0.3) is 0 Å². The summed E-state index contributed by atoms with van der Waals surface area (Å²) >= 11 is 0. The van der Waals surface area contributed by atoms with Crippen LogP contribution < -0.4 is 16.4 Å². The van der Waals surface area contributed by atoms with Crippen molar-refractivity contribution in [2.45, 2.75) is 25.3 Å². The summed E-state index contributed by atoms with van der Waals surface area (Å²) in [7, 11) is 0. The lowest BCUT2D eigenvalue weighted by molar-refractivity contribution is 0.261. The summed E-state index contributed by atoms with van der Waals surface area (Å²) in [6.07, 6.45) is 5.51. The number of carbonyl (C=O) groups is 1. The number of benzene rings is 1. The topological polar surface area (TPSA) is 148 Å². The molecule has 0 radical (unpaired) electrons. The number of fused-ring (bicyclic) bond motifs is 1. The molecule has 5 rings (SSSR count). The minimum Gasteiger partial charge on any atom is -0.383 e. The van der Waals surface area contributed by atoms with Crippen molar-refractivity contribution in [3.05, 3.63) is 48.3 Å². The highest BCUT2D eigenvalue weighted by Crippen LogP contribution is 2.42. The fraction of sp³-hybridized carbons (Fsp3) is 0.190. The quantitative estimate of drug-likeness (QED) is 0.434. The van der Waals surface area contributed by atoms with Gasteiger partial charge in [-0.25, -0.2) is 19.2 Å². The average molecular weight is 432 g/mol. The molecule has 2 amide bonds. The molecule has 11 heteroatoms. The smallest absolute Gasteiger partial charge is 0.326 e. The van der Waals surface area contributed by atoms with Crippen molar-refractivity contribution < 1.29 is 13.7 Å². The first kappa shape index (κ1) is 19.5. The van der Waals surface area contributed by atoms with Crippen molar-refractivity contribution in [1.82, 2.24) is 19.7 Å². The van der Waals surface area contributed by atoms with Gasteiger partial charge in [-0.1, -0.05) is 11.2 Å². The zero-order valence-corrected chi connectivity index (χ0v) is 16.7. The van der Waals surface area contributed by atoms with Crippen molar-refractivity contribution in [1.29, 1.82) is 5.26 Å². The molecule has 0 spiro atoms. The molecule has 1 aromatic carbocycles. The van der Waals surface area contributed by atoms with Crippen LogP contribution in [0.25, 0.3) is 22.2 Å². The fourth-order valence-electron chi connectivity index (χ4n) is 3.54. The van der Waals surface area contributed by atoms with E-state index in [-0.39, 0.29) is 18.0 Å². The summed E-state index contributed by atoms with van der Waals surface area (Å²) in [4.78, 5) is 20.6. The minimum atomic E-state index is -0.709.